The number of rotatable bonds is 1. The molecule has 0 aliphatic heterocycles. The predicted octanol–water partition coefficient (Wildman–Crippen LogP) is 1.16. The summed E-state index contributed by atoms with van der Waals surface area (Å²) in [6.07, 6.45) is 2.00. The van der Waals surface area contributed by atoms with Crippen LogP contribution in [0.1, 0.15) is 40.0 Å². The molecule has 0 amide bonds. The lowest BCUT2D eigenvalue weighted by atomic mass is 9.47. The van der Waals surface area contributed by atoms with E-state index in [0.717, 1.165) is 19.3 Å². The Kier molecular flexibility index (Phi) is 1.74. The third-order valence-electron chi connectivity index (χ3n) is 7.67. The van der Waals surface area contributed by atoms with Crippen LogP contribution < -0.4 is 0 Å². The highest BCUT2D eigenvalue weighted by atomic mass is 16.3. The first-order chi connectivity index (χ1) is 8.28. The smallest absolute Gasteiger partial charge is 0.0690 e. The minimum absolute atomic E-state index is 0.0149. The summed E-state index contributed by atoms with van der Waals surface area (Å²) in [6, 6.07) is 0. The second kappa shape index (κ2) is 2.68. The van der Waals surface area contributed by atoms with Crippen molar-refractivity contribution in [2.75, 3.05) is 6.61 Å². The van der Waals surface area contributed by atoms with E-state index in [1.165, 1.54) is 0 Å². The SMILES string of the molecule is CC1(C)C[C@@H](O)C[C@]2(C)[C@H]3C4C[C@@]12[C@@H](O)C43CO. The van der Waals surface area contributed by atoms with Crippen LogP contribution in [0.2, 0.25) is 0 Å². The summed E-state index contributed by atoms with van der Waals surface area (Å²) in [5.41, 5.74) is -0.340. The Bertz CT molecular complexity index is 433. The van der Waals surface area contributed by atoms with Crippen LogP contribution in [0.15, 0.2) is 0 Å². The molecule has 5 aliphatic carbocycles. The molecule has 1 spiro atoms. The van der Waals surface area contributed by atoms with E-state index in [0.29, 0.717) is 11.8 Å². The molecule has 5 fully saturated rings. The number of hydrogen-bond acceptors (Lipinski definition) is 3. The summed E-state index contributed by atoms with van der Waals surface area (Å²) in [6.45, 7) is 6.78. The van der Waals surface area contributed by atoms with Gasteiger partial charge in [-0.2, -0.15) is 0 Å². The molecule has 4 bridgehead atoms. The normalized spacial score (nSPS) is 67.0. The maximum absolute atomic E-state index is 10.9. The molecule has 3 nitrogen and oxygen atoms in total. The third-order valence-corrected chi connectivity index (χ3v) is 7.67. The molecule has 0 radical (unpaired) electrons. The maximum atomic E-state index is 10.9. The van der Waals surface area contributed by atoms with Gasteiger partial charge in [-0.1, -0.05) is 20.8 Å². The molecule has 7 atom stereocenters. The Morgan fingerprint density at radius 2 is 1.72 bits per heavy atom. The first-order valence-corrected chi connectivity index (χ1v) is 7.25. The number of hydrogen-bond donors (Lipinski definition) is 3. The Balaban J connectivity index is 1.92. The molecule has 2 unspecified atom stereocenters. The van der Waals surface area contributed by atoms with Crippen molar-refractivity contribution in [3.8, 4) is 0 Å². The van der Waals surface area contributed by atoms with E-state index >= 15 is 0 Å². The van der Waals surface area contributed by atoms with Crippen molar-refractivity contribution in [2.24, 2.45) is 33.5 Å². The molecule has 0 saturated heterocycles. The molecule has 0 aromatic rings. The van der Waals surface area contributed by atoms with E-state index in [2.05, 4.69) is 20.8 Å². The molecule has 0 heterocycles. The van der Waals surface area contributed by atoms with Crippen molar-refractivity contribution in [3.63, 3.8) is 0 Å². The van der Waals surface area contributed by atoms with Crippen molar-refractivity contribution in [2.45, 2.75) is 52.2 Å². The molecule has 3 N–H and O–H groups in total. The van der Waals surface area contributed by atoms with Gasteiger partial charge in [-0.3, -0.25) is 0 Å². The average molecular weight is 252 g/mol. The Labute approximate surface area is 108 Å². The molecular formula is C15H24O3. The van der Waals surface area contributed by atoms with Gasteiger partial charge in [0, 0.05) is 10.8 Å². The second-order valence-corrected chi connectivity index (χ2v) is 8.30. The third kappa shape index (κ3) is 0.763. The molecular weight excluding hydrogens is 228 g/mol. The van der Waals surface area contributed by atoms with Crippen LogP contribution in [-0.4, -0.2) is 34.1 Å². The predicted molar refractivity (Wildman–Crippen MR) is 66.7 cm³/mol. The summed E-state index contributed by atoms with van der Waals surface area (Å²) >= 11 is 0. The fraction of sp³-hybridized carbons (Fsp3) is 1.00. The molecule has 0 aromatic heterocycles. The molecule has 5 aliphatic rings. The van der Waals surface area contributed by atoms with Crippen molar-refractivity contribution in [1.29, 1.82) is 0 Å². The highest BCUT2D eigenvalue weighted by molar-refractivity contribution is 5.41. The Morgan fingerprint density at radius 3 is 2.28 bits per heavy atom. The van der Waals surface area contributed by atoms with Crippen molar-refractivity contribution < 1.29 is 15.3 Å². The fourth-order valence-corrected chi connectivity index (χ4v) is 7.36. The Hall–Kier alpha value is -0.120. The van der Waals surface area contributed by atoms with Crippen LogP contribution in [0.5, 0.6) is 0 Å². The van der Waals surface area contributed by atoms with Gasteiger partial charge in [-0.15, -0.1) is 0 Å². The summed E-state index contributed by atoms with van der Waals surface area (Å²) in [5, 5.41) is 31.0. The monoisotopic (exact) mass is 252 g/mol. The first-order valence-electron chi connectivity index (χ1n) is 7.25. The minimum Gasteiger partial charge on any atom is -0.396 e. The lowest BCUT2D eigenvalue weighted by molar-refractivity contribution is -0.161. The molecule has 102 valence electrons. The zero-order valence-corrected chi connectivity index (χ0v) is 11.5. The average Bonchev–Trinajstić information content (AvgIpc) is 2.64. The first kappa shape index (κ1) is 11.7. The minimum atomic E-state index is -0.377. The van der Waals surface area contributed by atoms with Gasteiger partial charge in [-0.05, 0) is 41.9 Å². The summed E-state index contributed by atoms with van der Waals surface area (Å²) in [5.74, 6) is 0.922. The molecule has 0 aromatic carbocycles. The number of aliphatic hydroxyl groups is 3. The van der Waals surface area contributed by atoms with Gasteiger partial charge in [0.25, 0.3) is 0 Å². The largest absolute Gasteiger partial charge is 0.396 e. The van der Waals surface area contributed by atoms with Crippen molar-refractivity contribution >= 4 is 0 Å². The molecule has 3 heteroatoms. The quantitative estimate of drug-likeness (QED) is 0.656. The van der Waals surface area contributed by atoms with Gasteiger partial charge >= 0.3 is 0 Å². The van der Waals surface area contributed by atoms with E-state index in [9.17, 15) is 15.3 Å². The van der Waals surface area contributed by atoms with Gasteiger partial charge in [0.15, 0.2) is 0 Å². The van der Waals surface area contributed by atoms with Crippen LogP contribution in [0.3, 0.4) is 0 Å². The maximum Gasteiger partial charge on any atom is 0.0690 e. The van der Waals surface area contributed by atoms with Crippen LogP contribution in [0.25, 0.3) is 0 Å². The van der Waals surface area contributed by atoms with Crippen molar-refractivity contribution in [3.05, 3.63) is 0 Å². The summed E-state index contributed by atoms with van der Waals surface area (Å²) in [4.78, 5) is 0. The molecule has 5 saturated carbocycles. The van der Waals surface area contributed by atoms with Crippen LogP contribution in [-0.2, 0) is 0 Å². The zero-order chi connectivity index (χ0) is 13.1. The van der Waals surface area contributed by atoms with Gasteiger partial charge in [0.2, 0.25) is 0 Å². The van der Waals surface area contributed by atoms with Gasteiger partial charge in [-0.25, -0.2) is 0 Å². The summed E-state index contributed by atoms with van der Waals surface area (Å²) < 4.78 is 0. The fourth-order valence-electron chi connectivity index (χ4n) is 7.36. The topological polar surface area (TPSA) is 60.7 Å². The van der Waals surface area contributed by atoms with E-state index in [1.54, 1.807) is 0 Å². The van der Waals surface area contributed by atoms with Gasteiger partial charge in [0.05, 0.1) is 18.8 Å². The molecule has 18 heavy (non-hydrogen) atoms. The lowest BCUT2D eigenvalue weighted by Gasteiger charge is -2.58. The lowest BCUT2D eigenvalue weighted by Crippen LogP contribution is -2.57. The van der Waals surface area contributed by atoms with E-state index in [1.807, 2.05) is 0 Å². The zero-order valence-electron chi connectivity index (χ0n) is 11.5. The standard InChI is InChI=1S/C15H24O3/c1-12(2)4-8(17)5-13(3)10-9-6-15(12,13)11(18)14(9,10)7-16/h8-11,16-18H,4-7H2,1-3H3/t8-,9?,10-,11+,13-,14?,15-/m1/s1. The van der Waals surface area contributed by atoms with Gasteiger partial charge < -0.3 is 15.3 Å². The van der Waals surface area contributed by atoms with Crippen molar-refractivity contribution in [1.82, 2.24) is 0 Å². The Morgan fingerprint density at radius 1 is 1.06 bits per heavy atom. The van der Waals surface area contributed by atoms with E-state index < -0.39 is 0 Å². The van der Waals surface area contributed by atoms with Crippen LogP contribution >= 0.6 is 0 Å². The van der Waals surface area contributed by atoms with Crippen LogP contribution in [0.4, 0.5) is 0 Å². The number of aliphatic hydroxyl groups excluding tert-OH is 3. The molecule has 5 rings (SSSR count). The van der Waals surface area contributed by atoms with Crippen LogP contribution in [0, 0.1) is 33.5 Å². The second-order valence-electron chi connectivity index (χ2n) is 8.30. The highest BCUT2D eigenvalue weighted by Gasteiger charge is 2.94. The van der Waals surface area contributed by atoms with Gasteiger partial charge in [0.1, 0.15) is 0 Å². The summed E-state index contributed by atoms with van der Waals surface area (Å²) in [7, 11) is 0. The van der Waals surface area contributed by atoms with E-state index in [4.69, 9.17) is 0 Å². The van der Waals surface area contributed by atoms with E-state index in [-0.39, 0.29) is 40.5 Å². The highest BCUT2D eigenvalue weighted by Crippen LogP contribution is 2.94.